The molecule has 36 heavy (non-hydrogen) atoms. The van der Waals surface area contributed by atoms with Crippen LogP contribution in [0.15, 0.2) is 30.5 Å². The molecule has 2 aliphatic rings. The average Bonchev–Trinajstić information content (AvgIpc) is 3.47. The van der Waals surface area contributed by atoms with Crippen molar-refractivity contribution in [2.75, 3.05) is 44.7 Å². The maximum atomic E-state index is 15.7. The van der Waals surface area contributed by atoms with E-state index < -0.39 is 5.82 Å². The van der Waals surface area contributed by atoms with Gasteiger partial charge in [-0.3, -0.25) is 4.68 Å². The van der Waals surface area contributed by atoms with E-state index in [0.717, 1.165) is 49.9 Å². The van der Waals surface area contributed by atoms with Crippen molar-refractivity contribution in [1.29, 1.82) is 0 Å². The van der Waals surface area contributed by atoms with Crippen LogP contribution in [-0.4, -0.2) is 81.5 Å². The van der Waals surface area contributed by atoms with Gasteiger partial charge in [-0.05, 0) is 45.5 Å². The highest BCUT2D eigenvalue weighted by Crippen LogP contribution is 2.34. The molecule has 2 saturated heterocycles. The maximum absolute atomic E-state index is 15.7. The molecule has 3 aromatic heterocycles. The molecule has 10 heteroatoms. The van der Waals surface area contributed by atoms with Gasteiger partial charge in [-0.15, -0.1) is 0 Å². The monoisotopic (exact) mass is 490 g/mol. The van der Waals surface area contributed by atoms with Crippen molar-refractivity contribution >= 4 is 27.8 Å². The highest BCUT2D eigenvalue weighted by molar-refractivity contribution is 5.96. The lowest BCUT2D eigenvalue weighted by Gasteiger charge is -2.35. The number of ether oxygens (including phenoxy) is 1. The number of aromatic nitrogens is 5. The number of nitrogens with one attached hydrogen (secondary N) is 1. The molecule has 0 bridgehead atoms. The normalized spacial score (nSPS) is 21.1. The van der Waals surface area contributed by atoms with Gasteiger partial charge in [0.25, 0.3) is 0 Å². The number of hydrogen-bond donors (Lipinski definition) is 1. The molecule has 0 spiro atoms. The number of fused-ring (bicyclic) bond motifs is 2. The van der Waals surface area contributed by atoms with Crippen LogP contribution in [-0.2, 0) is 7.05 Å². The van der Waals surface area contributed by atoms with Crippen LogP contribution in [0, 0.1) is 5.82 Å². The molecular formula is C26H31FN8O. The van der Waals surface area contributed by atoms with Crippen LogP contribution in [0.2, 0.25) is 0 Å². The largest absolute Gasteiger partial charge is 0.462 e. The fourth-order valence-electron chi connectivity index (χ4n) is 5.37. The Morgan fingerprint density at radius 3 is 2.83 bits per heavy atom. The molecule has 0 aliphatic carbocycles. The van der Waals surface area contributed by atoms with Gasteiger partial charge < -0.3 is 19.9 Å². The van der Waals surface area contributed by atoms with Gasteiger partial charge in [-0.25, -0.2) is 9.37 Å². The minimum absolute atomic E-state index is 0.192. The summed E-state index contributed by atoms with van der Waals surface area (Å²) in [7, 11) is 3.99. The fraction of sp³-hybridized carbons (Fsp3) is 0.462. The van der Waals surface area contributed by atoms with E-state index in [2.05, 4.69) is 39.2 Å². The Kier molecular flexibility index (Phi) is 5.93. The zero-order valence-electron chi connectivity index (χ0n) is 20.9. The zero-order chi connectivity index (χ0) is 24.8. The average molecular weight is 491 g/mol. The number of pyridine rings is 1. The van der Waals surface area contributed by atoms with Crippen LogP contribution in [0.25, 0.3) is 33.2 Å². The number of aryl methyl sites for hydroxylation is 1. The lowest BCUT2D eigenvalue weighted by Crippen LogP contribution is -2.50. The summed E-state index contributed by atoms with van der Waals surface area (Å²) >= 11 is 0. The molecule has 2 fully saturated rings. The number of halogens is 1. The summed E-state index contributed by atoms with van der Waals surface area (Å²) in [5.74, 6) is 0.258. The van der Waals surface area contributed by atoms with Crippen molar-refractivity contribution in [3.8, 4) is 17.3 Å². The van der Waals surface area contributed by atoms with Crippen molar-refractivity contribution < 1.29 is 9.13 Å². The van der Waals surface area contributed by atoms with Crippen molar-refractivity contribution in [2.24, 2.45) is 7.05 Å². The number of piperazine rings is 1. The minimum atomic E-state index is -0.410. The summed E-state index contributed by atoms with van der Waals surface area (Å²) in [6.45, 7) is 6.13. The Bertz CT molecular complexity index is 1420. The smallest absolute Gasteiger partial charge is 0.320 e. The second-order valence-electron chi connectivity index (χ2n) is 9.86. The summed E-state index contributed by atoms with van der Waals surface area (Å²) in [4.78, 5) is 18.7. The first-order valence-electron chi connectivity index (χ1n) is 12.6. The second-order valence-corrected chi connectivity index (χ2v) is 9.86. The van der Waals surface area contributed by atoms with Gasteiger partial charge in [0.2, 0.25) is 0 Å². The van der Waals surface area contributed by atoms with Gasteiger partial charge in [0.1, 0.15) is 23.9 Å². The SMILES string of the molecule is CC1CNCCN1c1nc(OCC2CCCN2C)nc2nc(-c3cccc4c3cnn4C)c(F)cc12. The number of likely N-dealkylation sites (tertiary alicyclic amines) is 1. The third-order valence-corrected chi connectivity index (χ3v) is 7.50. The molecule has 0 radical (unpaired) electrons. The third-order valence-electron chi connectivity index (χ3n) is 7.50. The molecule has 5 heterocycles. The van der Waals surface area contributed by atoms with Crippen molar-refractivity contribution in [2.45, 2.75) is 31.8 Å². The summed E-state index contributed by atoms with van der Waals surface area (Å²) in [5.41, 5.74) is 2.28. The molecule has 6 rings (SSSR count). The fourth-order valence-corrected chi connectivity index (χ4v) is 5.37. The van der Waals surface area contributed by atoms with Crippen LogP contribution >= 0.6 is 0 Å². The topological polar surface area (TPSA) is 84.2 Å². The molecular weight excluding hydrogens is 459 g/mol. The van der Waals surface area contributed by atoms with Gasteiger partial charge in [0.05, 0.1) is 17.1 Å². The van der Waals surface area contributed by atoms with E-state index in [0.29, 0.717) is 35.1 Å². The Morgan fingerprint density at radius 2 is 2.03 bits per heavy atom. The van der Waals surface area contributed by atoms with Crippen LogP contribution in [0.4, 0.5) is 10.2 Å². The summed E-state index contributed by atoms with van der Waals surface area (Å²) < 4.78 is 23.6. The van der Waals surface area contributed by atoms with Crippen molar-refractivity contribution in [1.82, 2.24) is 34.9 Å². The molecule has 1 N–H and O–H groups in total. The third kappa shape index (κ3) is 4.04. The van der Waals surface area contributed by atoms with E-state index in [1.165, 1.54) is 6.07 Å². The van der Waals surface area contributed by atoms with Crippen LogP contribution < -0.4 is 15.0 Å². The first-order valence-corrected chi connectivity index (χ1v) is 12.6. The quantitative estimate of drug-likeness (QED) is 0.457. The molecule has 2 aliphatic heterocycles. The van der Waals surface area contributed by atoms with Crippen molar-refractivity contribution in [3.05, 3.63) is 36.3 Å². The molecule has 9 nitrogen and oxygen atoms in total. The van der Waals surface area contributed by atoms with Crippen LogP contribution in [0.5, 0.6) is 6.01 Å². The predicted octanol–water partition coefficient (Wildman–Crippen LogP) is 2.99. The zero-order valence-corrected chi connectivity index (χ0v) is 20.9. The Labute approximate surface area is 209 Å². The second kappa shape index (κ2) is 9.25. The van der Waals surface area contributed by atoms with E-state index in [1.807, 2.05) is 25.2 Å². The van der Waals surface area contributed by atoms with Crippen molar-refractivity contribution in [3.63, 3.8) is 0 Å². The lowest BCUT2D eigenvalue weighted by molar-refractivity contribution is 0.188. The molecule has 4 aromatic rings. The maximum Gasteiger partial charge on any atom is 0.320 e. The first-order chi connectivity index (χ1) is 17.5. The van der Waals surface area contributed by atoms with Gasteiger partial charge in [0, 0.05) is 49.7 Å². The van der Waals surface area contributed by atoms with E-state index in [9.17, 15) is 0 Å². The highest BCUT2D eigenvalue weighted by atomic mass is 19.1. The van der Waals surface area contributed by atoms with Gasteiger partial charge in [-0.2, -0.15) is 15.1 Å². The molecule has 0 saturated carbocycles. The Balaban J connectivity index is 1.47. The van der Waals surface area contributed by atoms with E-state index in [1.54, 1.807) is 10.9 Å². The molecule has 2 unspecified atom stereocenters. The minimum Gasteiger partial charge on any atom is -0.462 e. The highest BCUT2D eigenvalue weighted by Gasteiger charge is 2.26. The number of anilines is 1. The molecule has 2 atom stereocenters. The number of likely N-dealkylation sites (N-methyl/N-ethyl adjacent to an activating group) is 1. The van der Waals surface area contributed by atoms with E-state index in [4.69, 9.17) is 14.7 Å². The Morgan fingerprint density at radius 1 is 1.14 bits per heavy atom. The molecule has 1 aromatic carbocycles. The van der Waals surface area contributed by atoms with Gasteiger partial charge in [-0.1, -0.05) is 12.1 Å². The summed E-state index contributed by atoms with van der Waals surface area (Å²) in [6.07, 6.45) is 4.00. The standard InChI is InChI=1S/C26H31FN8O/c1-16-13-28-9-11-35(16)25-19-12-21(27)23(18-7-4-8-22-20(18)14-29-34(22)3)30-24(19)31-26(32-25)36-15-17-6-5-10-33(17)2/h4,7-8,12,14,16-17,28H,5-6,9-11,13,15H2,1-3H3. The summed E-state index contributed by atoms with van der Waals surface area (Å²) in [6, 6.07) is 8.06. The number of hydrogen-bond acceptors (Lipinski definition) is 8. The first kappa shape index (κ1) is 23.1. The number of nitrogens with zero attached hydrogens (tertiary/aromatic N) is 7. The van der Waals surface area contributed by atoms with Gasteiger partial charge in [0.15, 0.2) is 5.65 Å². The molecule has 0 amide bonds. The van der Waals surface area contributed by atoms with Crippen LogP contribution in [0.3, 0.4) is 0 Å². The van der Waals surface area contributed by atoms with Crippen LogP contribution in [0.1, 0.15) is 19.8 Å². The summed E-state index contributed by atoms with van der Waals surface area (Å²) in [5, 5.41) is 9.18. The lowest BCUT2D eigenvalue weighted by atomic mass is 10.1. The van der Waals surface area contributed by atoms with E-state index in [-0.39, 0.29) is 17.7 Å². The predicted molar refractivity (Wildman–Crippen MR) is 138 cm³/mol. The Hall–Kier alpha value is -3.37. The van der Waals surface area contributed by atoms with Gasteiger partial charge >= 0.3 is 6.01 Å². The van der Waals surface area contributed by atoms with E-state index >= 15 is 4.39 Å². The number of rotatable bonds is 5. The molecule has 188 valence electrons. The number of benzene rings is 1.